The third-order valence-corrected chi connectivity index (χ3v) is 3.41. The van der Waals surface area contributed by atoms with E-state index in [-0.39, 0.29) is 5.60 Å². The van der Waals surface area contributed by atoms with Crippen molar-refractivity contribution in [3.63, 3.8) is 0 Å². The van der Waals surface area contributed by atoms with Crippen LogP contribution in [0.4, 0.5) is 5.69 Å². The molecule has 2 nitrogen and oxygen atoms in total. The van der Waals surface area contributed by atoms with Crippen molar-refractivity contribution < 1.29 is 4.74 Å². The van der Waals surface area contributed by atoms with Crippen LogP contribution in [0.1, 0.15) is 26.3 Å². The summed E-state index contributed by atoms with van der Waals surface area (Å²) in [5, 5.41) is 0. The fourth-order valence-electron chi connectivity index (χ4n) is 1.74. The molecule has 0 aromatic heterocycles. The van der Waals surface area contributed by atoms with Crippen molar-refractivity contribution in [3.05, 3.63) is 26.6 Å². The SMILES string of the molecule is CC1=Nc2c(Br)cc(Br)cc2C(C)(C)O1. The zero-order valence-electron chi connectivity index (χ0n) is 8.77. The lowest BCUT2D eigenvalue weighted by Crippen LogP contribution is -2.27. The summed E-state index contributed by atoms with van der Waals surface area (Å²) in [5.74, 6) is 0.704. The third kappa shape index (κ3) is 1.97. The van der Waals surface area contributed by atoms with Crippen LogP contribution in [0.2, 0.25) is 0 Å². The first kappa shape index (κ1) is 11.1. The zero-order valence-corrected chi connectivity index (χ0v) is 11.9. The number of benzene rings is 1. The van der Waals surface area contributed by atoms with E-state index in [1.807, 2.05) is 26.8 Å². The average Bonchev–Trinajstić information content (AvgIpc) is 2.06. The van der Waals surface area contributed by atoms with E-state index in [0.717, 1.165) is 20.2 Å². The quantitative estimate of drug-likeness (QED) is 0.684. The van der Waals surface area contributed by atoms with Gasteiger partial charge in [-0.2, -0.15) is 0 Å². The van der Waals surface area contributed by atoms with Gasteiger partial charge in [0.2, 0.25) is 0 Å². The van der Waals surface area contributed by atoms with Crippen molar-refractivity contribution >= 4 is 43.4 Å². The molecular formula is C11H11Br2NO. The Labute approximate surface area is 106 Å². The van der Waals surface area contributed by atoms with Crippen molar-refractivity contribution in [1.29, 1.82) is 0 Å². The number of nitrogens with zero attached hydrogens (tertiary/aromatic N) is 1. The Morgan fingerprint density at radius 2 is 1.93 bits per heavy atom. The summed E-state index contributed by atoms with van der Waals surface area (Å²) in [5.41, 5.74) is 1.73. The van der Waals surface area contributed by atoms with Gasteiger partial charge >= 0.3 is 0 Å². The van der Waals surface area contributed by atoms with E-state index in [1.165, 1.54) is 0 Å². The molecule has 0 spiro atoms. The van der Waals surface area contributed by atoms with Gasteiger partial charge in [-0.25, -0.2) is 4.99 Å². The fourth-order valence-corrected chi connectivity index (χ4v) is 3.06. The second kappa shape index (κ2) is 3.59. The molecule has 0 radical (unpaired) electrons. The van der Waals surface area contributed by atoms with E-state index in [2.05, 4.69) is 42.9 Å². The Morgan fingerprint density at radius 1 is 1.27 bits per heavy atom. The molecule has 0 saturated carbocycles. The molecule has 1 aliphatic heterocycles. The highest BCUT2D eigenvalue weighted by molar-refractivity contribution is 9.11. The van der Waals surface area contributed by atoms with Crippen LogP contribution in [0.5, 0.6) is 0 Å². The molecule has 1 aromatic carbocycles. The molecule has 0 unspecified atom stereocenters. The minimum atomic E-state index is -0.326. The van der Waals surface area contributed by atoms with Gasteiger partial charge in [0.15, 0.2) is 5.90 Å². The molecule has 2 rings (SSSR count). The van der Waals surface area contributed by atoms with Gasteiger partial charge in [0.05, 0.1) is 5.69 Å². The van der Waals surface area contributed by atoms with Crippen LogP contribution in [0.25, 0.3) is 0 Å². The van der Waals surface area contributed by atoms with Crippen molar-refractivity contribution in [2.24, 2.45) is 4.99 Å². The van der Waals surface area contributed by atoms with Gasteiger partial charge in [-0.05, 0) is 41.9 Å². The second-order valence-electron chi connectivity index (χ2n) is 4.03. The number of hydrogen-bond acceptors (Lipinski definition) is 2. The Bertz CT molecular complexity index is 452. The van der Waals surface area contributed by atoms with Crippen LogP contribution in [-0.4, -0.2) is 5.90 Å². The lowest BCUT2D eigenvalue weighted by atomic mass is 9.95. The molecule has 0 aliphatic carbocycles. The molecule has 0 fully saturated rings. The first-order valence-corrected chi connectivity index (χ1v) is 6.22. The summed E-state index contributed by atoms with van der Waals surface area (Å²) in [7, 11) is 0. The molecule has 0 bridgehead atoms. The summed E-state index contributed by atoms with van der Waals surface area (Å²) >= 11 is 6.99. The summed E-state index contributed by atoms with van der Waals surface area (Å²) in [6.07, 6.45) is 0. The second-order valence-corrected chi connectivity index (χ2v) is 5.80. The van der Waals surface area contributed by atoms with Gasteiger partial charge in [0.1, 0.15) is 5.60 Å². The number of rotatable bonds is 0. The predicted octanol–water partition coefficient (Wildman–Crippen LogP) is 4.53. The fraction of sp³-hybridized carbons (Fsp3) is 0.364. The number of fused-ring (bicyclic) bond motifs is 1. The van der Waals surface area contributed by atoms with E-state index in [1.54, 1.807) is 0 Å². The monoisotopic (exact) mass is 331 g/mol. The van der Waals surface area contributed by atoms with E-state index < -0.39 is 0 Å². The molecule has 0 amide bonds. The highest BCUT2D eigenvalue weighted by Crippen LogP contribution is 2.43. The maximum absolute atomic E-state index is 5.72. The zero-order chi connectivity index (χ0) is 11.2. The van der Waals surface area contributed by atoms with Gasteiger partial charge < -0.3 is 4.74 Å². The minimum Gasteiger partial charge on any atom is -0.470 e. The van der Waals surface area contributed by atoms with Crippen molar-refractivity contribution in [3.8, 4) is 0 Å². The largest absolute Gasteiger partial charge is 0.470 e. The van der Waals surface area contributed by atoms with Crippen LogP contribution in [0.3, 0.4) is 0 Å². The minimum absolute atomic E-state index is 0.326. The van der Waals surface area contributed by atoms with Gasteiger partial charge in [-0.3, -0.25) is 0 Å². The van der Waals surface area contributed by atoms with Crippen LogP contribution >= 0.6 is 31.9 Å². The van der Waals surface area contributed by atoms with E-state index in [4.69, 9.17) is 4.74 Å². The molecule has 15 heavy (non-hydrogen) atoms. The van der Waals surface area contributed by atoms with Gasteiger partial charge in [-0.15, -0.1) is 0 Å². The van der Waals surface area contributed by atoms with E-state index in [0.29, 0.717) is 5.90 Å². The summed E-state index contributed by atoms with van der Waals surface area (Å²) in [4.78, 5) is 4.41. The lowest BCUT2D eigenvalue weighted by molar-refractivity contribution is 0.0890. The summed E-state index contributed by atoms with van der Waals surface area (Å²) < 4.78 is 7.73. The number of halogens is 2. The van der Waals surface area contributed by atoms with E-state index in [9.17, 15) is 0 Å². The Morgan fingerprint density at radius 3 is 2.60 bits per heavy atom. The van der Waals surface area contributed by atoms with Crippen molar-refractivity contribution in [1.82, 2.24) is 0 Å². The van der Waals surface area contributed by atoms with Crippen molar-refractivity contribution in [2.75, 3.05) is 0 Å². The lowest BCUT2D eigenvalue weighted by Gasteiger charge is -2.32. The number of hydrogen-bond donors (Lipinski definition) is 0. The maximum atomic E-state index is 5.72. The maximum Gasteiger partial charge on any atom is 0.186 e. The molecular weight excluding hydrogens is 322 g/mol. The van der Waals surface area contributed by atoms with Crippen LogP contribution < -0.4 is 0 Å². The highest BCUT2D eigenvalue weighted by Gasteiger charge is 2.31. The first-order valence-electron chi connectivity index (χ1n) is 4.64. The molecule has 1 aliphatic rings. The number of ether oxygens (including phenoxy) is 1. The molecule has 1 heterocycles. The topological polar surface area (TPSA) is 21.6 Å². The normalized spacial score (nSPS) is 17.8. The molecule has 0 N–H and O–H groups in total. The number of aliphatic imine (C=N–C) groups is 1. The predicted molar refractivity (Wildman–Crippen MR) is 68.7 cm³/mol. The van der Waals surface area contributed by atoms with Crippen LogP contribution in [0, 0.1) is 0 Å². The van der Waals surface area contributed by atoms with Crippen molar-refractivity contribution in [2.45, 2.75) is 26.4 Å². The van der Waals surface area contributed by atoms with Gasteiger partial charge in [0, 0.05) is 21.4 Å². The summed E-state index contributed by atoms with van der Waals surface area (Å²) in [6.45, 7) is 5.96. The third-order valence-electron chi connectivity index (χ3n) is 2.35. The van der Waals surface area contributed by atoms with Gasteiger partial charge in [0.25, 0.3) is 0 Å². The standard InChI is InChI=1S/C11H11Br2NO/c1-6-14-10-8(11(2,3)15-6)4-7(12)5-9(10)13/h4-5H,1-3H3. The Kier molecular flexibility index (Phi) is 2.67. The van der Waals surface area contributed by atoms with Gasteiger partial charge in [-0.1, -0.05) is 15.9 Å². The van der Waals surface area contributed by atoms with E-state index >= 15 is 0 Å². The molecule has 1 aromatic rings. The van der Waals surface area contributed by atoms with Crippen LogP contribution in [-0.2, 0) is 10.3 Å². The molecule has 0 atom stereocenters. The Hall–Kier alpha value is -0.350. The Balaban J connectivity index is 2.73. The molecule has 4 heteroatoms. The first-order chi connectivity index (χ1) is 6.90. The molecule has 0 saturated heterocycles. The molecule has 80 valence electrons. The highest BCUT2D eigenvalue weighted by atomic mass is 79.9. The average molecular weight is 333 g/mol. The summed E-state index contributed by atoms with van der Waals surface area (Å²) in [6, 6.07) is 4.05. The van der Waals surface area contributed by atoms with Crippen LogP contribution in [0.15, 0.2) is 26.1 Å². The smallest absolute Gasteiger partial charge is 0.186 e.